The fraction of sp³-hybridized carbons (Fsp3) is 0.526. The van der Waals surface area contributed by atoms with Gasteiger partial charge >= 0.3 is 6.09 Å². The Bertz CT molecular complexity index is 1650. The molecule has 0 radical (unpaired) electrons. The van der Waals surface area contributed by atoms with Gasteiger partial charge in [0.05, 0.1) is 17.3 Å². The third-order valence-corrected chi connectivity index (χ3v) is 10.1. The average molecular weight is 686 g/mol. The highest BCUT2D eigenvalue weighted by atomic mass is 35.5. The van der Waals surface area contributed by atoms with Gasteiger partial charge in [-0.05, 0) is 81.3 Å². The Labute approximate surface area is 295 Å². The van der Waals surface area contributed by atoms with Gasteiger partial charge in [-0.25, -0.2) is 14.8 Å². The fourth-order valence-corrected chi connectivity index (χ4v) is 7.25. The molecule has 0 bridgehead atoms. The van der Waals surface area contributed by atoms with Crippen LogP contribution in [0.25, 0.3) is 0 Å². The summed E-state index contributed by atoms with van der Waals surface area (Å²) in [5, 5.41) is 9.94. The number of ether oxygens (including phenoxy) is 2. The third kappa shape index (κ3) is 8.64. The van der Waals surface area contributed by atoms with E-state index in [-0.39, 0.29) is 11.5 Å². The average Bonchev–Trinajstić information content (AvgIpc) is 3.53. The Hall–Kier alpha value is -3.91. The second-order valence-electron chi connectivity index (χ2n) is 15.1. The van der Waals surface area contributed by atoms with Crippen LogP contribution in [0.4, 0.5) is 10.7 Å². The van der Waals surface area contributed by atoms with Gasteiger partial charge in [-0.2, -0.15) is 5.26 Å². The summed E-state index contributed by atoms with van der Waals surface area (Å²) in [6, 6.07) is 18.2. The maximum absolute atomic E-state index is 12.3. The number of nitrogens with zero attached hydrogens (tertiary/aromatic N) is 7. The lowest BCUT2D eigenvalue weighted by molar-refractivity contribution is -0.00559. The first-order valence-corrected chi connectivity index (χ1v) is 17.7. The van der Waals surface area contributed by atoms with Gasteiger partial charge in [0.15, 0.2) is 0 Å². The Morgan fingerprint density at radius 1 is 0.959 bits per heavy atom. The molecule has 260 valence electrons. The van der Waals surface area contributed by atoms with E-state index >= 15 is 0 Å². The Morgan fingerprint density at radius 3 is 2.39 bits per heavy atom. The summed E-state index contributed by atoms with van der Waals surface area (Å²) in [6.45, 7) is 19.0. The van der Waals surface area contributed by atoms with E-state index in [0.29, 0.717) is 29.2 Å². The maximum Gasteiger partial charge on any atom is 0.410 e. The van der Waals surface area contributed by atoms with Gasteiger partial charge < -0.3 is 24.2 Å². The highest BCUT2D eigenvalue weighted by molar-refractivity contribution is 6.30. The molecule has 3 aliphatic rings. The van der Waals surface area contributed by atoms with Crippen molar-refractivity contribution in [3.63, 3.8) is 0 Å². The lowest BCUT2D eigenvalue weighted by atomic mass is 9.78. The molecule has 3 aromatic rings. The first-order chi connectivity index (χ1) is 23.4. The van der Waals surface area contributed by atoms with Crippen LogP contribution in [0, 0.1) is 17.2 Å². The van der Waals surface area contributed by atoms with Crippen LogP contribution in [-0.2, 0) is 16.8 Å². The van der Waals surface area contributed by atoms with Crippen LogP contribution < -0.4 is 9.64 Å². The van der Waals surface area contributed by atoms with E-state index in [1.165, 1.54) is 6.42 Å². The second-order valence-corrected chi connectivity index (χ2v) is 15.5. The number of rotatable bonds is 9. The second kappa shape index (κ2) is 14.5. The number of carbonyl (C=O) groups is 1. The van der Waals surface area contributed by atoms with Crippen LogP contribution in [0.5, 0.6) is 5.75 Å². The van der Waals surface area contributed by atoms with Crippen LogP contribution in [0.15, 0.2) is 54.7 Å². The number of piperazine rings is 1. The summed E-state index contributed by atoms with van der Waals surface area (Å²) in [6.07, 6.45) is 2.81. The molecule has 4 heterocycles. The standard InChI is InChI=1S/C38H48ClN7O3/c1-37(2,3)49-36(47)46-23-28(24-46)22-43-13-11-33(25-43)44-14-16-45(17-15-44)35-41-12-10-32(42-35)26-48-34-8-6-29(7-9-34)38(4,5)30-18-27(21-40)19-31(39)20-30/h6-10,12,18-20,28,33H,11,13-17,22-26H2,1-5H3. The van der Waals surface area contributed by atoms with Crippen LogP contribution >= 0.6 is 11.6 Å². The van der Waals surface area contributed by atoms with Gasteiger partial charge in [-0.3, -0.25) is 4.90 Å². The Balaban J connectivity index is 0.946. The Morgan fingerprint density at radius 2 is 1.69 bits per heavy atom. The van der Waals surface area contributed by atoms with Crippen molar-refractivity contribution in [2.24, 2.45) is 5.92 Å². The smallest absolute Gasteiger partial charge is 0.410 e. The zero-order valence-electron chi connectivity index (χ0n) is 29.4. The van der Waals surface area contributed by atoms with Gasteiger partial charge in [0.25, 0.3) is 0 Å². The number of hydrogen-bond acceptors (Lipinski definition) is 9. The number of carbonyl (C=O) groups excluding carboxylic acids is 1. The lowest BCUT2D eigenvalue weighted by Gasteiger charge is -2.41. The molecule has 3 aliphatic heterocycles. The molecule has 1 amide bonds. The number of halogens is 1. The minimum atomic E-state index is -0.448. The molecule has 0 spiro atoms. The normalized spacial score (nSPS) is 19.4. The molecule has 1 aromatic heterocycles. The van der Waals surface area contributed by atoms with E-state index in [2.05, 4.69) is 51.7 Å². The largest absolute Gasteiger partial charge is 0.487 e. The minimum absolute atomic E-state index is 0.193. The van der Waals surface area contributed by atoms with Gasteiger partial charge in [0.1, 0.15) is 18.0 Å². The summed E-state index contributed by atoms with van der Waals surface area (Å²) in [5.41, 5.74) is 2.70. The number of nitriles is 1. The lowest BCUT2D eigenvalue weighted by Crippen LogP contribution is -2.55. The van der Waals surface area contributed by atoms with Crippen molar-refractivity contribution in [3.05, 3.63) is 82.1 Å². The van der Waals surface area contributed by atoms with Crippen molar-refractivity contribution in [1.29, 1.82) is 5.26 Å². The van der Waals surface area contributed by atoms with Gasteiger partial charge in [-0.15, -0.1) is 0 Å². The van der Waals surface area contributed by atoms with Crippen LogP contribution in [0.3, 0.4) is 0 Å². The highest BCUT2D eigenvalue weighted by Crippen LogP contribution is 2.34. The highest BCUT2D eigenvalue weighted by Gasteiger charge is 2.37. The maximum atomic E-state index is 12.3. The van der Waals surface area contributed by atoms with Crippen molar-refractivity contribution in [1.82, 2.24) is 24.7 Å². The fourth-order valence-electron chi connectivity index (χ4n) is 7.01. The molecule has 11 heteroatoms. The predicted molar refractivity (Wildman–Crippen MR) is 191 cm³/mol. The topological polar surface area (TPSA) is 98.1 Å². The summed E-state index contributed by atoms with van der Waals surface area (Å²) >= 11 is 6.29. The molecule has 0 saturated carbocycles. The van der Waals surface area contributed by atoms with Crippen LogP contribution in [0.2, 0.25) is 5.02 Å². The first-order valence-electron chi connectivity index (χ1n) is 17.3. The third-order valence-electron chi connectivity index (χ3n) is 9.90. The number of likely N-dealkylation sites (tertiary alicyclic amines) is 2. The summed E-state index contributed by atoms with van der Waals surface area (Å²) in [5.74, 6) is 2.05. The number of aromatic nitrogens is 2. The van der Waals surface area contributed by atoms with Crippen molar-refractivity contribution in [2.75, 3.05) is 63.8 Å². The molecule has 0 N–H and O–H groups in total. The monoisotopic (exact) mass is 685 g/mol. The molecule has 6 rings (SSSR count). The van der Waals surface area contributed by atoms with Gasteiger partial charge in [0, 0.05) is 81.0 Å². The van der Waals surface area contributed by atoms with Crippen molar-refractivity contribution >= 4 is 23.6 Å². The zero-order chi connectivity index (χ0) is 34.8. The van der Waals surface area contributed by atoms with E-state index in [0.717, 1.165) is 87.4 Å². The molecular formula is C38H48ClN7O3. The number of hydrogen-bond donors (Lipinski definition) is 0. The van der Waals surface area contributed by atoms with E-state index in [9.17, 15) is 10.1 Å². The summed E-state index contributed by atoms with van der Waals surface area (Å²) in [7, 11) is 0. The number of amides is 1. The van der Waals surface area contributed by atoms with Gasteiger partial charge in [0.2, 0.25) is 5.95 Å². The molecule has 2 aromatic carbocycles. The molecule has 10 nitrogen and oxygen atoms in total. The predicted octanol–water partition coefficient (Wildman–Crippen LogP) is 5.97. The molecule has 0 aliphatic carbocycles. The van der Waals surface area contributed by atoms with Crippen molar-refractivity contribution in [3.8, 4) is 11.8 Å². The Kier molecular flexibility index (Phi) is 10.4. The molecule has 1 unspecified atom stereocenters. The number of benzene rings is 2. The molecule has 49 heavy (non-hydrogen) atoms. The zero-order valence-corrected chi connectivity index (χ0v) is 30.1. The van der Waals surface area contributed by atoms with Gasteiger partial charge in [-0.1, -0.05) is 37.6 Å². The molecule has 3 saturated heterocycles. The van der Waals surface area contributed by atoms with Crippen molar-refractivity contribution in [2.45, 2.75) is 64.7 Å². The van der Waals surface area contributed by atoms with E-state index in [1.54, 1.807) is 6.07 Å². The van der Waals surface area contributed by atoms with E-state index in [1.807, 2.05) is 62.2 Å². The minimum Gasteiger partial charge on any atom is -0.487 e. The summed E-state index contributed by atoms with van der Waals surface area (Å²) in [4.78, 5) is 31.0. The first kappa shape index (κ1) is 34.9. The van der Waals surface area contributed by atoms with E-state index < -0.39 is 5.60 Å². The summed E-state index contributed by atoms with van der Waals surface area (Å²) < 4.78 is 11.6. The molecule has 1 atom stereocenters. The van der Waals surface area contributed by atoms with Crippen LogP contribution in [0.1, 0.15) is 63.4 Å². The molecular weight excluding hydrogens is 638 g/mol. The van der Waals surface area contributed by atoms with Crippen LogP contribution in [-0.4, -0.2) is 101 Å². The van der Waals surface area contributed by atoms with Crippen molar-refractivity contribution < 1.29 is 14.3 Å². The molecule has 3 fully saturated rings. The van der Waals surface area contributed by atoms with E-state index in [4.69, 9.17) is 26.1 Å². The quantitative estimate of drug-likeness (QED) is 0.270. The SMILES string of the molecule is CC(C)(C)OC(=O)N1CC(CN2CCC(N3CCN(c4nccc(COc5ccc(C(C)(C)c6cc(Cl)cc(C#N)c6)cc5)n4)CC3)C2)C1. The number of anilines is 1.